The molecule has 7 heteroatoms. The maximum absolute atomic E-state index is 5.64. The standard InChI is InChI=1S/C12H17N3O3S/c1-16-6-7-17-4-2-5-18-10-9-3-8-19-11(9)15-12(13)14-10/h3,8H,2,4-7H2,1H3,(H2,13,14,15). The third kappa shape index (κ3) is 4.02. The Hall–Kier alpha value is -1.44. The van der Waals surface area contributed by atoms with Gasteiger partial charge in [0, 0.05) is 20.1 Å². The van der Waals surface area contributed by atoms with Crippen LogP contribution in [0.5, 0.6) is 5.88 Å². The Morgan fingerprint density at radius 2 is 2.11 bits per heavy atom. The predicted molar refractivity (Wildman–Crippen MR) is 74.6 cm³/mol. The fraction of sp³-hybridized carbons (Fsp3) is 0.500. The maximum atomic E-state index is 5.64. The fourth-order valence-electron chi connectivity index (χ4n) is 1.53. The molecule has 2 rings (SSSR count). The molecule has 0 bridgehead atoms. The minimum absolute atomic E-state index is 0.237. The van der Waals surface area contributed by atoms with Crippen LogP contribution in [0.25, 0.3) is 10.2 Å². The molecule has 6 nitrogen and oxygen atoms in total. The molecule has 0 unspecified atom stereocenters. The molecule has 0 spiro atoms. The van der Waals surface area contributed by atoms with Crippen LogP contribution in [0.3, 0.4) is 0 Å². The van der Waals surface area contributed by atoms with Crippen molar-refractivity contribution < 1.29 is 14.2 Å². The van der Waals surface area contributed by atoms with Crippen LogP contribution < -0.4 is 10.5 Å². The molecule has 0 saturated carbocycles. The lowest BCUT2D eigenvalue weighted by molar-refractivity contribution is 0.0643. The third-order valence-electron chi connectivity index (χ3n) is 2.41. The van der Waals surface area contributed by atoms with Gasteiger partial charge in [-0.2, -0.15) is 4.98 Å². The molecule has 2 aromatic heterocycles. The molecule has 0 amide bonds. The van der Waals surface area contributed by atoms with Crippen molar-refractivity contribution in [3.63, 3.8) is 0 Å². The smallest absolute Gasteiger partial charge is 0.227 e. The average molecular weight is 283 g/mol. The van der Waals surface area contributed by atoms with Gasteiger partial charge in [0.15, 0.2) is 0 Å². The lowest BCUT2D eigenvalue weighted by Crippen LogP contribution is -2.08. The third-order valence-corrected chi connectivity index (χ3v) is 3.22. The number of nitrogen functional groups attached to an aromatic ring is 1. The van der Waals surface area contributed by atoms with Crippen LogP contribution in [-0.2, 0) is 9.47 Å². The van der Waals surface area contributed by atoms with Gasteiger partial charge in [-0.15, -0.1) is 11.3 Å². The van der Waals surface area contributed by atoms with Crippen molar-refractivity contribution in [2.75, 3.05) is 39.3 Å². The van der Waals surface area contributed by atoms with Crippen molar-refractivity contribution >= 4 is 27.5 Å². The fourth-order valence-corrected chi connectivity index (χ4v) is 2.29. The second kappa shape index (κ2) is 7.22. The summed E-state index contributed by atoms with van der Waals surface area (Å²) in [4.78, 5) is 9.10. The van der Waals surface area contributed by atoms with Gasteiger partial charge >= 0.3 is 0 Å². The van der Waals surface area contributed by atoms with Gasteiger partial charge in [0.1, 0.15) is 4.83 Å². The maximum Gasteiger partial charge on any atom is 0.227 e. The summed E-state index contributed by atoms with van der Waals surface area (Å²) in [5.74, 6) is 0.780. The van der Waals surface area contributed by atoms with E-state index >= 15 is 0 Å². The number of nitrogens with zero attached hydrogens (tertiary/aromatic N) is 2. The Bertz CT molecular complexity index is 518. The molecule has 0 aliphatic carbocycles. The summed E-state index contributed by atoms with van der Waals surface area (Å²) in [6, 6.07) is 1.93. The molecule has 0 saturated heterocycles. The highest BCUT2D eigenvalue weighted by Gasteiger charge is 2.08. The first-order valence-corrected chi connectivity index (χ1v) is 6.89. The van der Waals surface area contributed by atoms with E-state index in [1.54, 1.807) is 7.11 Å². The second-order valence-electron chi connectivity index (χ2n) is 3.83. The van der Waals surface area contributed by atoms with Gasteiger partial charge in [-0.25, -0.2) is 4.98 Å². The van der Waals surface area contributed by atoms with E-state index in [0.717, 1.165) is 16.6 Å². The summed E-state index contributed by atoms with van der Waals surface area (Å²) < 4.78 is 15.9. The molecular weight excluding hydrogens is 266 g/mol. The number of ether oxygens (including phenoxy) is 3. The van der Waals surface area contributed by atoms with E-state index in [2.05, 4.69) is 9.97 Å². The molecule has 0 aliphatic heterocycles. The quantitative estimate of drug-likeness (QED) is 0.743. The lowest BCUT2D eigenvalue weighted by atomic mass is 10.4. The zero-order chi connectivity index (χ0) is 13.5. The number of anilines is 1. The van der Waals surface area contributed by atoms with Gasteiger partial charge in [0.2, 0.25) is 11.8 Å². The minimum atomic E-state index is 0.237. The SMILES string of the molecule is COCCOCCCOc1nc(N)nc2sccc12. The van der Waals surface area contributed by atoms with E-state index in [-0.39, 0.29) is 5.95 Å². The highest BCUT2D eigenvalue weighted by molar-refractivity contribution is 7.16. The highest BCUT2D eigenvalue weighted by atomic mass is 32.1. The lowest BCUT2D eigenvalue weighted by Gasteiger charge is -2.07. The van der Waals surface area contributed by atoms with Crippen LogP contribution in [0, 0.1) is 0 Å². The summed E-state index contributed by atoms with van der Waals surface area (Å²) in [5, 5.41) is 2.85. The van der Waals surface area contributed by atoms with Crippen molar-refractivity contribution in [2.45, 2.75) is 6.42 Å². The Morgan fingerprint density at radius 1 is 1.21 bits per heavy atom. The van der Waals surface area contributed by atoms with Gasteiger partial charge in [0.05, 0.1) is 25.2 Å². The van der Waals surface area contributed by atoms with Gasteiger partial charge < -0.3 is 19.9 Å². The Kier molecular flexibility index (Phi) is 5.31. The number of thiophene rings is 1. The Labute approximate surface area is 115 Å². The molecule has 2 N–H and O–H groups in total. The van der Waals surface area contributed by atoms with Crippen molar-refractivity contribution in [1.82, 2.24) is 9.97 Å². The zero-order valence-corrected chi connectivity index (χ0v) is 11.6. The summed E-state index contributed by atoms with van der Waals surface area (Å²) >= 11 is 1.52. The molecule has 0 aliphatic rings. The molecule has 19 heavy (non-hydrogen) atoms. The van der Waals surface area contributed by atoms with Gasteiger partial charge in [-0.3, -0.25) is 0 Å². The number of fused-ring (bicyclic) bond motifs is 1. The molecule has 104 valence electrons. The zero-order valence-electron chi connectivity index (χ0n) is 10.8. The molecule has 2 heterocycles. The van der Waals surface area contributed by atoms with Crippen LogP contribution in [0.15, 0.2) is 11.4 Å². The van der Waals surface area contributed by atoms with E-state index in [9.17, 15) is 0 Å². The Morgan fingerprint density at radius 3 is 2.95 bits per heavy atom. The molecule has 0 radical (unpaired) electrons. The monoisotopic (exact) mass is 283 g/mol. The number of rotatable bonds is 8. The number of hydrogen-bond acceptors (Lipinski definition) is 7. The van der Waals surface area contributed by atoms with E-state index in [1.165, 1.54) is 11.3 Å². The van der Waals surface area contributed by atoms with Crippen LogP contribution in [0.2, 0.25) is 0 Å². The van der Waals surface area contributed by atoms with E-state index in [1.807, 2.05) is 11.4 Å². The number of hydrogen-bond donors (Lipinski definition) is 1. The summed E-state index contributed by atoms with van der Waals surface area (Å²) in [6.07, 6.45) is 0.791. The number of nitrogens with two attached hydrogens (primary N) is 1. The van der Waals surface area contributed by atoms with E-state index < -0.39 is 0 Å². The van der Waals surface area contributed by atoms with Crippen molar-refractivity contribution in [1.29, 1.82) is 0 Å². The summed E-state index contributed by atoms with van der Waals surface area (Å²) in [7, 11) is 1.65. The number of aromatic nitrogens is 2. The van der Waals surface area contributed by atoms with Gasteiger partial charge in [-0.1, -0.05) is 0 Å². The van der Waals surface area contributed by atoms with Crippen molar-refractivity contribution in [2.24, 2.45) is 0 Å². The summed E-state index contributed by atoms with van der Waals surface area (Å²) in [6.45, 7) is 2.38. The first kappa shape index (κ1) is 14.0. The normalized spacial score (nSPS) is 11.0. The first-order valence-electron chi connectivity index (χ1n) is 6.01. The van der Waals surface area contributed by atoms with E-state index in [0.29, 0.717) is 32.3 Å². The van der Waals surface area contributed by atoms with Crippen molar-refractivity contribution in [3.05, 3.63) is 11.4 Å². The van der Waals surface area contributed by atoms with Crippen LogP contribution in [-0.4, -0.2) is 43.5 Å². The molecular formula is C12H17N3O3S. The second-order valence-corrected chi connectivity index (χ2v) is 4.73. The van der Waals surface area contributed by atoms with Gasteiger partial charge in [0.25, 0.3) is 0 Å². The number of methoxy groups -OCH3 is 1. The Balaban J connectivity index is 1.79. The van der Waals surface area contributed by atoms with Crippen molar-refractivity contribution in [3.8, 4) is 5.88 Å². The summed E-state index contributed by atoms with van der Waals surface area (Å²) in [5.41, 5.74) is 5.64. The van der Waals surface area contributed by atoms with Crippen LogP contribution in [0.1, 0.15) is 6.42 Å². The molecule has 0 atom stereocenters. The molecule has 0 aromatic carbocycles. The highest BCUT2D eigenvalue weighted by Crippen LogP contribution is 2.27. The minimum Gasteiger partial charge on any atom is -0.477 e. The van der Waals surface area contributed by atoms with Crippen LogP contribution in [0.4, 0.5) is 5.95 Å². The van der Waals surface area contributed by atoms with Gasteiger partial charge in [-0.05, 0) is 11.4 Å². The first-order chi connectivity index (χ1) is 9.31. The largest absolute Gasteiger partial charge is 0.477 e. The van der Waals surface area contributed by atoms with Crippen LogP contribution >= 0.6 is 11.3 Å². The predicted octanol–water partition coefficient (Wildman–Crippen LogP) is 1.71. The van der Waals surface area contributed by atoms with E-state index in [4.69, 9.17) is 19.9 Å². The molecule has 0 fully saturated rings. The average Bonchev–Trinajstić information content (AvgIpc) is 2.85. The molecule has 2 aromatic rings. The topological polar surface area (TPSA) is 79.5 Å².